The zero-order valence-corrected chi connectivity index (χ0v) is 30.2. The third kappa shape index (κ3) is 6.68. The Bertz CT molecular complexity index is 1210. The second-order valence-electron chi connectivity index (χ2n) is 17.3. The Morgan fingerprint density at radius 2 is 1.57 bits per heavy atom. The summed E-state index contributed by atoms with van der Waals surface area (Å²) < 4.78 is 54.6. The molecular weight excluding hydrogens is 610 g/mol. The van der Waals surface area contributed by atoms with E-state index in [4.69, 9.17) is 0 Å². The average Bonchev–Trinajstić information content (AvgIpc) is 3.49. The number of amides is 1. The summed E-state index contributed by atoms with van der Waals surface area (Å²) in [6.07, 6.45) is 3.49. The molecule has 266 valence electrons. The molecule has 5 aliphatic rings. The van der Waals surface area contributed by atoms with E-state index in [9.17, 15) is 32.2 Å². The third-order valence-corrected chi connectivity index (χ3v) is 15.9. The van der Waals surface area contributed by atoms with Crippen LogP contribution in [0, 0.1) is 46.3 Å². The first-order valence-corrected chi connectivity index (χ1v) is 20.1. The van der Waals surface area contributed by atoms with E-state index >= 15 is 0 Å². The highest BCUT2D eigenvalue weighted by Gasteiger charge is 2.66. The van der Waals surface area contributed by atoms with Gasteiger partial charge in [0.25, 0.3) is 5.92 Å². The van der Waals surface area contributed by atoms with Crippen molar-refractivity contribution >= 4 is 15.7 Å². The Morgan fingerprint density at radius 1 is 0.913 bits per heavy atom. The van der Waals surface area contributed by atoms with Gasteiger partial charge in [0.05, 0.1) is 17.6 Å². The third-order valence-electron chi connectivity index (χ3n) is 14.2. The van der Waals surface area contributed by atoms with E-state index in [0.717, 1.165) is 32.1 Å². The van der Waals surface area contributed by atoms with Crippen molar-refractivity contribution in [2.45, 2.75) is 149 Å². The second kappa shape index (κ2) is 13.1. The van der Waals surface area contributed by atoms with E-state index < -0.39 is 33.4 Å². The van der Waals surface area contributed by atoms with Gasteiger partial charge >= 0.3 is 0 Å². The number of alkyl halides is 2. The van der Waals surface area contributed by atoms with Crippen LogP contribution in [0.1, 0.15) is 113 Å². The highest BCUT2D eigenvalue weighted by molar-refractivity contribution is 7.91. The van der Waals surface area contributed by atoms with Crippen LogP contribution >= 0.6 is 0 Å². The van der Waals surface area contributed by atoms with Crippen molar-refractivity contribution in [3.63, 3.8) is 0 Å². The van der Waals surface area contributed by atoms with Crippen molar-refractivity contribution in [1.29, 1.82) is 0 Å². The van der Waals surface area contributed by atoms with Gasteiger partial charge in [-0.2, -0.15) is 0 Å². The van der Waals surface area contributed by atoms with Gasteiger partial charge in [0.2, 0.25) is 5.91 Å². The zero-order valence-electron chi connectivity index (χ0n) is 29.4. The molecule has 10 heteroatoms. The molecule has 11 atom stereocenters. The molecule has 4 aliphatic carbocycles. The van der Waals surface area contributed by atoms with Crippen molar-refractivity contribution in [2.75, 3.05) is 24.6 Å². The molecule has 0 spiro atoms. The molecule has 0 radical (unpaired) electrons. The van der Waals surface area contributed by atoms with Gasteiger partial charge in [0, 0.05) is 44.1 Å². The quantitative estimate of drug-likeness (QED) is 0.306. The fourth-order valence-electron chi connectivity index (χ4n) is 11.8. The number of aliphatic hydroxyl groups is 2. The van der Waals surface area contributed by atoms with Crippen LogP contribution in [-0.2, 0) is 14.6 Å². The molecule has 0 aromatic heterocycles. The molecule has 1 saturated heterocycles. The van der Waals surface area contributed by atoms with Crippen molar-refractivity contribution in [2.24, 2.45) is 46.3 Å². The summed E-state index contributed by atoms with van der Waals surface area (Å²) in [5.41, 5.74) is -0.596. The minimum Gasteiger partial charge on any atom is -0.393 e. The summed E-state index contributed by atoms with van der Waals surface area (Å²) in [5.74, 6) is -1.98. The van der Waals surface area contributed by atoms with Gasteiger partial charge in [-0.05, 0) is 125 Å². The van der Waals surface area contributed by atoms with E-state index in [1.54, 1.807) is 0 Å². The number of halogens is 2. The molecule has 1 aliphatic heterocycles. The van der Waals surface area contributed by atoms with Crippen molar-refractivity contribution in [3.05, 3.63) is 0 Å². The van der Waals surface area contributed by atoms with Crippen LogP contribution in [0.2, 0.25) is 0 Å². The first-order chi connectivity index (χ1) is 21.3. The molecule has 5 rings (SSSR count). The van der Waals surface area contributed by atoms with Crippen LogP contribution in [0.25, 0.3) is 0 Å². The smallest absolute Gasteiger partial charge is 0.274 e. The molecule has 7 nitrogen and oxygen atoms in total. The Kier molecular flexibility index (Phi) is 10.4. The highest BCUT2D eigenvalue weighted by Crippen LogP contribution is 2.69. The number of hydrogen-bond acceptors (Lipinski definition) is 6. The molecular formula is C36H62F2N2O5S. The predicted molar refractivity (Wildman–Crippen MR) is 177 cm³/mol. The van der Waals surface area contributed by atoms with Gasteiger partial charge in [-0.15, -0.1) is 0 Å². The minimum atomic E-state index is -3.13. The van der Waals surface area contributed by atoms with Gasteiger partial charge < -0.3 is 15.1 Å². The lowest BCUT2D eigenvalue weighted by Gasteiger charge is -2.63. The SMILES string of the molecule is CC(C)N(CCN(C(=O)CC[C@@H](C)[C@H]1CC[C@H]2[C@@H]3[C@@H](O)C[C@@H]4C[C@@H](O)C(F)(F)C[C@]4(C)[C@H]3CC[C@]12C)C1CCS(=O)(=O)C1)C(C)C. The fourth-order valence-corrected chi connectivity index (χ4v) is 13.5. The number of aliphatic hydroxyl groups excluding tert-OH is 2. The molecule has 5 fully saturated rings. The lowest BCUT2D eigenvalue weighted by molar-refractivity contribution is -0.236. The number of fused-ring (bicyclic) bond motifs is 5. The van der Waals surface area contributed by atoms with Crippen LogP contribution < -0.4 is 0 Å². The monoisotopic (exact) mass is 672 g/mol. The van der Waals surface area contributed by atoms with Gasteiger partial charge in [0.1, 0.15) is 6.10 Å². The largest absolute Gasteiger partial charge is 0.393 e. The van der Waals surface area contributed by atoms with Gasteiger partial charge in [0.15, 0.2) is 9.84 Å². The van der Waals surface area contributed by atoms with Gasteiger partial charge in [-0.25, -0.2) is 17.2 Å². The molecule has 0 aromatic rings. The molecule has 1 amide bonds. The van der Waals surface area contributed by atoms with Crippen LogP contribution in [0.5, 0.6) is 0 Å². The number of nitrogens with zero attached hydrogens (tertiary/aromatic N) is 2. The van der Waals surface area contributed by atoms with Crippen molar-refractivity contribution in [3.8, 4) is 0 Å². The van der Waals surface area contributed by atoms with Crippen LogP contribution in [0.4, 0.5) is 8.78 Å². The van der Waals surface area contributed by atoms with E-state index in [1.807, 2.05) is 11.8 Å². The van der Waals surface area contributed by atoms with E-state index in [-0.39, 0.29) is 71.3 Å². The lowest BCUT2D eigenvalue weighted by atomic mass is 9.43. The molecule has 0 bridgehead atoms. The minimum absolute atomic E-state index is 0.00505. The second-order valence-corrected chi connectivity index (χ2v) is 19.5. The molecule has 1 heterocycles. The van der Waals surface area contributed by atoms with E-state index in [0.29, 0.717) is 50.4 Å². The molecule has 46 heavy (non-hydrogen) atoms. The Labute approximate surface area is 277 Å². The first kappa shape index (κ1) is 36.4. The first-order valence-electron chi connectivity index (χ1n) is 18.3. The molecule has 0 aromatic carbocycles. The summed E-state index contributed by atoms with van der Waals surface area (Å²) >= 11 is 0. The summed E-state index contributed by atoms with van der Waals surface area (Å²) in [5, 5.41) is 21.7. The van der Waals surface area contributed by atoms with Crippen molar-refractivity contribution < 1.29 is 32.2 Å². The number of hydrogen-bond donors (Lipinski definition) is 2. The van der Waals surface area contributed by atoms with Crippen molar-refractivity contribution in [1.82, 2.24) is 9.80 Å². The number of carbonyl (C=O) groups excluding carboxylic acids is 1. The topological polar surface area (TPSA) is 98.2 Å². The summed E-state index contributed by atoms with van der Waals surface area (Å²) in [7, 11) is -3.13. The van der Waals surface area contributed by atoms with Crippen LogP contribution in [-0.4, -0.2) is 95.2 Å². The van der Waals surface area contributed by atoms with E-state index in [1.165, 1.54) is 0 Å². The Balaban J connectivity index is 1.26. The van der Waals surface area contributed by atoms with Gasteiger partial charge in [-0.3, -0.25) is 9.69 Å². The maximum absolute atomic E-state index is 14.9. The summed E-state index contributed by atoms with van der Waals surface area (Å²) in [6, 6.07) is 0.393. The zero-order chi connectivity index (χ0) is 34.0. The maximum Gasteiger partial charge on any atom is 0.274 e. The summed E-state index contributed by atoms with van der Waals surface area (Å²) in [6.45, 7) is 16.5. The summed E-state index contributed by atoms with van der Waals surface area (Å²) in [4.78, 5) is 18.1. The fraction of sp³-hybridized carbons (Fsp3) is 0.972. The number of rotatable bonds is 10. The molecule has 2 N–H and O–H groups in total. The lowest BCUT2D eigenvalue weighted by Crippen LogP contribution is -2.62. The maximum atomic E-state index is 14.9. The van der Waals surface area contributed by atoms with Crippen LogP contribution in [0.3, 0.4) is 0 Å². The Morgan fingerprint density at radius 3 is 2.17 bits per heavy atom. The molecule has 4 saturated carbocycles. The standard InChI is InChI=1S/C36H62F2N2O5S/c1-22(2)39(23(3)4)15-16-40(26-13-17-46(44,45)20-26)32(43)11-8-24(5)27-9-10-28-33-29(12-14-34(27,28)6)35(7)21-36(37,38)31(42)19-25(35)18-30(33)41/h22-31,33,41-42H,8-21H2,1-7H3/t24-,25-,26?,27-,28+,29+,30+,31-,33+,34-,35+/m1/s1. The highest BCUT2D eigenvalue weighted by atomic mass is 32.2. The number of carbonyl (C=O) groups is 1. The Hall–Kier alpha value is -0.840. The predicted octanol–water partition coefficient (Wildman–Crippen LogP) is 5.77. The molecule has 1 unspecified atom stereocenters. The van der Waals surface area contributed by atoms with Crippen LogP contribution in [0.15, 0.2) is 0 Å². The van der Waals surface area contributed by atoms with Gasteiger partial charge in [-0.1, -0.05) is 20.8 Å². The number of sulfone groups is 1. The average molecular weight is 673 g/mol. The van der Waals surface area contributed by atoms with E-state index in [2.05, 4.69) is 46.4 Å². The normalized spacial score (nSPS) is 42.1.